The maximum absolute atomic E-state index is 13.5. The molecule has 0 saturated carbocycles. The molecule has 1 aromatic carbocycles. The second kappa shape index (κ2) is 7.65. The summed E-state index contributed by atoms with van der Waals surface area (Å²) in [6.07, 6.45) is 4.00. The number of hydrogen-bond acceptors (Lipinski definition) is 5. The van der Waals surface area contributed by atoms with Gasteiger partial charge in [0.2, 0.25) is 0 Å². The SMILES string of the molecule is O=c1cc(CN(Cc2cccc(F)c2)C[C@@H]2CCCO2)nc2sccn12. The molecule has 0 N–H and O–H groups in total. The molecule has 5 nitrogen and oxygen atoms in total. The minimum absolute atomic E-state index is 0.0749. The van der Waals surface area contributed by atoms with Gasteiger partial charge in [0.1, 0.15) is 5.82 Å². The fraction of sp³-hybridized carbons (Fsp3) is 0.368. The number of rotatable bonds is 6. The zero-order valence-electron chi connectivity index (χ0n) is 14.3. The second-order valence-electron chi connectivity index (χ2n) is 6.58. The van der Waals surface area contributed by atoms with Crippen LogP contribution in [0.1, 0.15) is 24.1 Å². The van der Waals surface area contributed by atoms with Gasteiger partial charge >= 0.3 is 0 Å². The quantitative estimate of drug-likeness (QED) is 0.666. The number of ether oxygens (including phenoxy) is 1. The van der Waals surface area contributed by atoms with E-state index in [1.54, 1.807) is 28.8 Å². The van der Waals surface area contributed by atoms with Gasteiger partial charge in [0.25, 0.3) is 5.56 Å². The highest BCUT2D eigenvalue weighted by Crippen LogP contribution is 2.17. The number of nitrogens with zero attached hydrogens (tertiary/aromatic N) is 3. The van der Waals surface area contributed by atoms with Gasteiger partial charge in [-0.15, -0.1) is 11.3 Å². The van der Waals surface area contributed by atoms with Crippen molar-refractivity contribution in [2.24, 2.45) is 0 Å². The third-order valence-electron chi connectivity index (χ3n) is 4.52. The van der Waals surface area contributed by atoms with E-state index in [4.69, 9.17) is 4.74 Å². The Bertz CT molecular complexity index is 949. The maximum Gasteiger partial charge on any atom is 0.258 e. The first-order valence-electron chi connectivity index (χ1n) is 8.71. The van der Waals surface area contributed by atoms with Gasteiger partial charge in [-0.3, -0.25) is 14.1 Å². The van der Waals surface area contributed by atoms with Crippen molar-refractivity contribution in [3.05, 3.63) is 69.3 Å². The molecular weight excluding hydrogens is 353 g/mol. The van der Waals surface area contributed by atoms with Crippen molar-refractivity contribution in [1.29, 1.82) is 0 Å². The van der Waals surface area contributed by atoms with E-state index in [0.717, 1.165) is 37.3 Å². The average Bonchev–Trinajstić information content (AvgIpc) is 3.26. The van der Waals surface area contributed by atoms with Crippen molar-refractivity contribution in [1.82, 2.24) is 14.3 Å². The lowest BCUT2D eigenvalue weighted by molar-refractivity contribution is 0.0674. The van der Waals surface area contributed by atoms with Crippen molar-refractivity contribution in [3.63, 3.8) is 0 Å². The fourth-order valence-corrected chi connectivity index (χ4v) is 4.09. The molecule has 0 radical (unpaired) electrons. The van der Waals surface area contributed by atoms with Gasteiger partial charge in [-0.2, -0.15) is 0 Å². The number of halogens is 1. The van der Waals surface area contributed by atoms with Crippen LogP contribution in [0.2, 0.25) is 0 Å². The van der Waals surface area contributed by atoms with Crippen LogP contribution in [0.4, 0.5) is 4.39 Å². The zero-order valence-corrected chi connectivity index (χ0v) is 15.1. The summed E-state index contributed by atoms with van der Waals surface area (Å²) in [7, 11) is 0. The fourth-order valence-electron chi connectivity index (χ4n) is 3.35. The molecule has 136 valence electrons. The largest absolute Gasteiger partial charge is 0.377 e. The van der Waals surface area contributed by atoms with E-state index in [0.29, 0.717) is 18.1 Å². The van der Waals surface area contributed by atoms with Crippen molar-refractivity contribution in [2.75, 3.05) is 13.2 Å². The van der Waals surface area contributed by atoms with Crippen molar-refractivity contribution in [3.8, 4) is 0 Å². The van der Waals surface area contributed by atoms with Crippen LogP contribution < -0.4 is 5.56 Å². The molecular formula is C19H20FN3O2S. The van der Waals surface area contributed by atoms with E-state index in [1.807, 2.05) is 11.4 Å². The minimum atomic E-state index is -0.240. The number of aromatic nitrogens is 2. The number of benzene rings is 1. The van der Waals surface area contributed by atoms with Gasteiger partial charge in [0, 0.05) is 43.9 Å². The molecule has 1 saturated heterocycles. The van der Waals surface area contributed by atoms with Crippen LogP contribution in [-0.4, -0.2) is 33.5 Å². The standard InChI is InChI=1S/C19H20FN3O2S/c20-15-4-1-3-14(9-15)11-22(13-17-5-2-7-25-17)12-16-10-18(24)23-6-8-26-19(23)21-16/h1,3-4,6,8-10,17H,2,5,7,11-13H2/t17-/m0/s1. The van der Waals surface area contributed by atoms with E-state index in [2.05, 4.69) is 9.88 Å². The molecule has 2 aromatic heterocycles. The van der Waals surface area contributed by atoms with Gasteiger partial charge < -0.3 is 4.74 Å². The summed E-state index contributed by atoms with van der Waals surface area (Å²) in [6.45, 7) is 2.64. The highest BCUT2D eigenvalue weighted by molar-refractivity contribution is 7.15. The van der Waals surface area contributed by atoms with E-state index < -0.39 is 0 Å². The molecule has 1 aliphatic rings. The number of thiazole rings is 1. The molecule has 1 aliphatic heterocycles. The molecule has 1 atom stereocenters. The molecule has 0 aliphatic carbocycles. The van der Waals surface area contributed by atoms with Crippen molar-refractivity contribution >= 4 is 16.3 Å². The lowest BCUT2D eigenvalue weighted by Crippen LogP contribution is -2.32. The monoisotopic (exact) mass is 373 g/mol. The van der Waals surface area contributed by atoms with Gasteiger partial charge in [0.05, 0.1) is 11.8 Å². The van der Waals surface area contributed by atoms with E-state index in [9.17, 15) is 9.18 Å². The lowest BCUT2D eigenvalue weighted by Gasteiger charge is -2.25. The predicted octanol–water partition coefficient (Wildman–Crippen LogP) is 3.08. The van der Waals surface area contributed by atoms with Crippen LogP contribution in [0.15, 0.2) is 46.7 Å². The van der Waals surface area contributed by atoms with Crippen LogP contribution in [0.5, 0.6) is 0 Å². The summed E-state index contributed by atoms with van der Waals surface area (Å²) in [4.78, 5) is 19.7. The summed E-state index contributed by atoms with van der Waals surface area (Å²) in [5, 5.41) is 1.85. The first-order valence-corrected chi connectivity index (χ1v) is 9.59. The lowest BCUT2D eigenvalue weighted by atomic mass is 10.1. The van der Waals surface area contributed by atoms with E-state index in [1.165, 1.54) is 17.4 Å². The van der Waals surface area contributed by atoms with E-state index >= 15 is 0 Å². The van der Waals surface area contributed by atoms with Gasteiger partial charge in [-0.25, -0.2) is 9.37 Å². The Morgan fingerprint density at radius 1 is 1.35 bits per heavy atom. The summed E-state index contributed by atoms with van der Waals surface area (Å²) in [6, 6.07) is 8.20. The molecule has 0 spiro atoms. The van der Waals surface area contributed by atoms with Crippen LogP contribution >= 0.6 is 11.3 Å². The van der Waals surface area contributed by atoms with E-state index in [-0.39, 0.29) is 17.5 Å². The summed E-state index contributed by atoms with van der Waals surface area (Å²) in [5.74, 6) is -0.240. The second-order valence-corrected chi connectivity index (χ2v) is 7.45. The maximum atomic E-state index is 13.5. The van der Waals surface area contributed by atoms with Crippen molar-refractivity contribution < 1.29 is 9.13 Å². The third-order valence-corrected chi connectivity index (χ3v) is 5.28. The normalized spacial score (nSPS) is 17.4. The predicted molar refractivity (Wildman–Crippen MR) is 98.8 cm³/mol. The Balaban J connectivity index is 1.57. The molecule has 26 heavy (non-hydrogen) atoms. The zero-order chi connectivity index (χ0) is 17.9. The smallest absolute Gasteiger partial charge is 0.258 e. The molecule has 0 amide bonds. The number of fused-ring (bicyclic) bond motifs is 1. The Morgan fingerprint density at radius 3 is 3.08 bits per heavy atom. The molecule has 4 rings (SSSR count). The van der Waals surface area contributed by atoms with Crippen molar-refractivity contribution in [2.45, 2.75) is 32.0 Å². The van der Waals surface area contributed by atoms with Gasteiger partial charge in [-0.05, 0) is 30.5 Å². The number of hydrogen-bond donors (Lipinski definition) is 0. The highest BCUT2D eigenvalue weighted by atomic mass is 32.1. The Morgan fingerprint density at radius 2 is 2.27 bits per heavy atom. The van der Waals surface area contributed by atoms with Gasteiger partial charge in [-0.1, -0.05) is 12.1 Å². The molecule has 7 heteroatoms. The first kappa shape index (κ1) is 17.3. The third kappa shape index (κ3) is 4.00. The highest BCUT2D eigenvalue weighted by Gasteiger charge is 2.20. The Labute approximate surface area is 154 Å². The van der Waals surface area contributed by atoms with Crippen LogP contribution in [0.25, 0.3) is 4.96 Å². The van der Waals surface area contributed by atoms with Crippen LogP contribution in [-0.2, 0) is 17.8 Å². The summed E-state index contributed by atoms with van der Waals surface area (Å²) < 4.78 is 20.9. The topological polar surface area (TPSA) is 46.8 Å². The molecule has 3 aromatic rings. The molecule has 3 heterocycles. The summed E-state index contributed by atoms with van der Waals surface area (Å²) in [5.41, 5.74) is 1.55. The van der Waals surface area contributed by atoms with Gasteiger partial charge in [0.15, 0.2) is 4.96 Å². The van der Waals surface area contributed by atoms with Crippen LogP contribution in [0, 0.1) is 5.82 Å². The minimum Gasteiger partial charge on any atom is -0.377 e. The first-order chi connectivity index (χ1) is 12.7. The Kier molecular flexibility index (Phi) is 5.10. The molecule has 0 unspecified atom stereocenters. The average molecular weight is 373 g/mol. The van der Waals surface area contributed by atoms with Crippen LogP contribution in [0.3, 0.4) is 0 Å². The summed E-state index contributed by atoms with van der Waals surface area (Å²) >= 11 is 1.44. The molecule has 1 fully saturated rings. The molecule has 0 bridgehead atoms. The Hall–Kier alpha value is -2.09.